The van der Waals surface area contributed by atoms with Gasteiger partial charge in [0.05, 0.1) is 0 Å². The second kappa shape index (κ2) is 9.28. The summed E-state index contributed by atoms with van der Waals surface area (Å²) in [4.78, 5) is 12.1. The molecule has 1 amide bonds. The zero-order valence-electron chi connectivity index (χ0n) is 15.3. The third-order valence-corrected chi connectivity index (χ3v) is 4.06. The summed E-state index contributed by atoms with van der Waals surface area (Å²) < 4.78 is 6.03. The Morgan fingerprint density at radius 2 is 2.12 bits per heavy atom. The van der Waals surface area contributed by atoms with Crippen LogP contribution in [0.25, 0.3) is 0 Å². The molecule has 0 radical (unpaired) electrons. The second-order valence-corrected chi connectivity index (χ2v) is 7.50. The van der Waals surface area contributed by atoms with Crippen LogP contribution in [0.3, 0.4) is 0 Å². The molecule has 0 spiro atoms. The zero-order valence-corrected chi connectivity index (χ0v) is 16.1. The summed E-state index contributed by atoms with van der Waals surface area (Å²) >= 11 is 0. The summed E-state index contributed by atoms with van der Waals surface area (Å²) in [6.07, 6.45) is 2.76. The summed E-state index contributed by atoms with van der Waals surface area (Å²) in [7, 11) is 0. The molecule has 1 unspecified atom stereocenters. The first-order valence-corrected chi connectivity index (χ1v) is 8.59. The number of aryl methyl sites for hydroxylation is 1. The van der Waals surface area contributed by atoms with Crippen LogP contribution in [0.15, 0.2) is 18.2 Å². The number of carbonyl (C=O) groups excluding carboxylic acids is 1. The molecule has 136 valence electrons. The molecule has 1 aliphatic heterocycles. The van der Waals surface area contributed by atoms with Gasteiger partial charge in [0, 0.05) is 18.5 Å². The van der Waals surface area contributed by atoms with Crippen molar-refractivity contribution in [3.8, 4) is 5.75 Å². The molecule has 0 saturated carbocycles. The van der Waals surface area contributed by atoms with Crippen molar-refractivity contribution < 1.29 is 9.53 Å². The number of hydrogen-bond acceptors (Lipinski definition) is 3. The van der Waals surface area contributed by atoms with Gasteiger partial charge >= 0.3 is 0 Å². The van der Waals surface area contributed by atoms with Gasteiger partial charge in [-0.1, -0.05) is 12.1 Å². The molecular weight excluding hydrogens is 324 g/mol. The fraction of sp³-hybridized carbons (Fsp3) is 0.632. The Balaban J connectivity index is 0.00000288. The highest BCUT2D eigenvalue weighted by atomic mass is 35.5. The molecular formula is C19H31ClN2O2. The predicted octanol–water partition coefficient (Wildman–Crippen LogP) is 3.60. The standard InChI is InChI=1S/C19H30N2O2.ClH/c1-14-5-7-16(17(11-14)23-19(2,3)4)13-21-18(22)8-6-15-9-10-20-12-15;/h5,7,11,15,20H,6,8-10,12-13H2,1-4H3,(H,21,22);1H. The third kappa shape index (κ3) is 7.10. The van der Waals surface area contributed by atoms with Crippen LogP contribution in [0.4, 0.5) is 0 Å². The molecule has 2 rings (SSSR count). The maximum Gasteiger partial charge on any atom is 0.220 e. The Morgan fingerprint density at radius 3 is 2.75 bits per heavy atom. The largest absolute Gasteiger partial charge is 0.488 e. The van der Waals surface area contributed by atoms with E-state index in [0.717, 1.165) is 36.4 Å². The number of hydrogen-bond donors (Lipinski definition) is 2. The van der Waals surface area contributed by atoms with E-state index in [4.69, 9.17) is 4.74 Å². The number of amides is 1. The normalized spacial score (nSPS) is 17.2. The summed E-state index contributed by atoms with van der Waals surface area (Å²) in [6, 6.07) is 6.13. The number of rotatable bonds is 6. The topological polar surface area (TPSA) is 50.4 Å². The lowest BCUT2D eigenvalue weighted by molar-refractivity contribution is -0.121. The van der Waals surface area contributed by atoms with Crippen LogP contribution in [0.1, 0.15) is 51.2 Å². The lowest BCUT2D eigenvalue weighted by Gasteiger charge is -2.24. The lowest BCUT2D eigenvalue weighted by atomic mass is 10.0. The molecule has 0 aromatic heterocycles. The molecule has 1 aliphatic rings. The number of ether oxygens (including phenoxy) is 1. The van der Waals surface area contributed by atoms with Crippen molar-refractivity contribution in [3.05, 3.63) is 29.3 Å². The van der Waals surface area contributed by atoms with Crippen LogP contribution in [-0.4, -0.2) is 24.6 Å². The van der Waals surface area contributed by atoms with Crippen molar-refractivity contribution >= 4 is 18.3 Å². The van der Waals surface area contributed by atoms with Crippen LogP contribution >= 0.6 is 12.4 Å². The number of nitrogens with one attached hydrogen (secondary N) is 2. The lowest BCUT2D eigenvalue weighted by Crippen LogP contribution is -2.26. The van der Waals surface area contributed by atoms with Crippen LogP contribution in [0.5, 0.6) is 5.75 Å². The average molecular weight is 355 g/mol. The Kier molecular flexibility index (Phi) is 8.04. The van der Waals surface area contributed by atoms with Crippen LogP contribution < -0.4 is 15.4 Å². The first-order chi connectivity index (χ1) is 10.8. The van der Waals surface area contributed by atoms with Gasteiger partial charge in [0.25, 0.3) is 0 Å². The smallest absolute Gasteiger partial charge is 0.220 e. The minimum atomic E-state index is -0.248. The Hall–Kier alpha value is -1.26. The van der Waals surface area contributed by atoms with E-state index in [9.17, 15) is 4.79 Å². The number of halogens is 1. The summed E-state index contributed by atoms with van der Waals surface area (Å²) in [5.41, 5.74) is 1.94. The van der Waals surface area contributed by atoms with Crippen LogP contribution in [0, 0.1) is 12.8 Å². The molecule has 4 nitrogen and oxygen atoms in total. The average Bonchev–Trinajstić information content (AvgIpc) is 2.96. The predicted molar refractivity (Wildman–Crippen MR) is 101 cm³/mol. The Bertz CT molecular complexity index is 535. The quantitative estimate of drug-likeness (QED) is 0.820. The zero-order chi connectivity index (χ0) is 16.9. The van der Waals surface area contributed by atoms with E-state index in [1.165, 1.54) is 6.42 Å². The molecule has 1 atom stereocenters. The molecule has 1 aromatic carbocycles. The van der Waals surface area contributed by atoms with Crippen molar-refractivity contribution in [1.29, 1.82) is 0 Å². The van der Waals surface area contributed by atoms with E-state index in [1.807, 2.05) is 39.8 Å². The Morgan fingerprint density at radius 1 is 1.38 bits per heavy atom. The molecule has 1 heterocycles. The van der Waals surface area contributed by atoms with Crippen molar-refractivity contribution in [2.24, 2.45) is 5.92 Å². The highest BCUT2D eigenvalue weighted by molar-refractivity contribution is 5.85. The SMILES string of the molecule is Cc1ccc(CNC(=O)CCC2CCNC2)c(OC(C)(C)C)c1.Cl. The van der Waals surface area contributed by atoms with Crippen LogP contribution in [0.2, 0.25) is 0 Å². The minimum absolute atomic E-state index is 0. The fourth-order valence-electron chi connectivity index (χ4n) is 2.81. The van der Waals surface area contributed by atoms with Crippen LogP contribution in [-0.2, 0) is 11.3 Å². The van der Waals surface area contributed by atoms with Gasteiger partial charge < -0.3 is 15.4 Å². The monoisotopic (exact) mass is 354 g/mol. The highest BCUT2D eigenvalue weighted by Gasteiger charge is 2.17. The highest BCUT2D eigenvalue weighted by Crippen LogP contribution is 2.24. The minimum Gasteiger partial charge on any atom is -0.488 e. The van der Waals surface area contributed by atoms with Gasteiger partial charge in [-0.25, -0.2) is 0 Å². The first-order valence-electron chi connectivity index (χ1n) is 8.59. The molecule has 5 heteroatoms. The molecule has 1 aromatic rings. The number of benzene rings is 1. The van der Waals surface area contributed by atoms with Gasteiger partial charge in [-0.2, -0.15) is 0 Å². The summed E-state index contributed by atoms with van der Waals surface area (Å²) in [6.45, 7) is 10.8. The van der Waals surface area contributed by atoms with E-state index in [2.05, 4.69) is 16.7 Å². The maximum atomic E-state index is 12.1. The van der Waals surface area contributed by atoms with Gasteiger partial charge in [0.15, 0.2) is 0 Å². The molecule has 1 saturated heterocycles. The third-order valence-electron chi connectivity index (χ3n) is 4.06. The van der Waals surface area contributed by atoms with Gasteiger partial charge in [0.1, 0.15) is 11.4 Å². The van der Waals surface area contributed by atoms with Crippen molar-refractivity contribution in [2.75, 3.05) is 13.1 Å². The first kappa shape index (κ1) is 20.8. The van der Waals surface area contributed by atoms with E-state index in [0.29, 0.717) is 18.9 Å². The van der Waals surface area contributed by atoms with Crippen molar-refractivity contribution in [1.82, 2.24) is 10.6 Å². The van der Waals surface area contributed by atoms with Crippen molar-refractivity contribution in [2.45, 2.75) is 59.1 Å². The van der Waals surface area contributed by atoms with E-state index in [1.54, 1.807) is 0 Å². The van der Waals surface area contributed by atoms with Gasteiger partial charge in [-0.3, -0.25) is 4.79 Å². The number of carbonyl (C=O) groups is 1. The maximum absolute atomic E-state index is 12.1. The summed E-state index contributed by atoms with van der Waals surface area (Å²) in [5.74, 6) is 1.64. The molecule has 0 bridgehead atoms. The molecule has 1 fully saturated rings. The van der Waals surface area contributed by atoms with E-state index < -0.39 is 0 Å². The second-order valence-electron chi connectivity index (χ2n) is 7.50. The molecule has 24 heavy (non-hydrogen) atoms. The van der Waals surface area contributed by atoms with E-state index in [-0.39, 0.29) is 23.9 Å². The molecule has 2 N–H and O–H groups in total. The van der Waals surface area contributed by atoms with Gasteiger partial charge in [-0.05, 0) is 71.2 Å². The van der Waals surface area contributed by atoms with Gasteiger partial charge in [0.2, 0.25) is 5.91 Å². The Labute approximate surface area is 152 Å². The molecule has 0 aliphatic carbocycles. The van der Waals surface area contributed by atoms with Gasteiger partial charge in [-0.15, -0.1) is 12.4 Å². The fourth-order valence-corrected chi connectivity index (χ4v) is 2.81. The van der Waals surface area contributed by atoms with E-state index >= 15 is 0 Å². The summed E-state index contributed by atoms with van der Waals surface area (Å²) in [5, 5.41) is 6.37. The van der Waals surface area contributed by atoms with Crippen molar-refractivity contribution in [3.63, 3.8) is 0 Å².